The average Bonchev–Trinajstić information content (AvgIpc) is 2.82. The van der Waals surface area contributed by atoms with E-state index in [2.05, 4.69) is 40.3 Å². The second-order valence-corrected chi connectivity index (χ2v) is 12.3. The van der Waals surface area contributed by atoms with Gasteiger partial charge in [0.2, 0.25) is 0 Å². The molecule has 1 aliphatic rings. The van der Waals surface area contributed by atoms with Crippen molar-refractivity contribution >= 4 is 49.1 Å². The molecule has 0 fully saturated rings. The molecule has 1 atom stereocenters. The zero-order valence-corrected chi connectivity index (χ0v) is 25.0. The van der Waals surface area contributed by atoms with Crippen LogP contribution in [0.5, 0.6) is 5.75 Å². The van der Waals surface area contributed by atoms with E-state index in [1.165, 1.54) is 0 Å². The van der Waals surface area contributed by atoms with Crippen molar-refractivity contribution in [1.29, 1.82) is 0 Å². The third-order valence-corrected chi connectivity index (χ3v) is 8.18. The van der Waals surface area contributed by atoms with Gasteiger partial charge in [-0.3, -0.25) is 0 Å². The number of alkyl carbamates (subject to hydrolysis) is 1. The quantitative estimate of drug-likeness (QED) is 0.333. The number of nitrogens with zero attached hydrogens (tertiary/aromatic N) is 2. The Morgan fingerprint density at radius 1 is 1.16 bits per heavy atom. The summed E-state index contributed by atoms with van der Waals surface area (Å²) in [4.78, 5) is 30.1. The Morgan fingerprint density at radius 3 is 2.54 bits per heavy atom. The summed E-state index contributed by atoms with van der Waals surface area (Å²) in [6, 6.07) is 15.7. The number of aryl methyl sites for hydroxylation is 2. The predicted molar refractivity (Wildman–Crippen MR) is 149 cm³/mol. The maximum atomic E-state index is 13.4. The van der Waals surface area contributed by atoms with Crippen molar-refractivity contribution in [3.05, 3.63) is 75.5 Å². The molecule has 0 saturated heterocycles. The third kappa shape index (κ3) is 6.17. The first-order valence-corrected chi connectivity index (χ1v) is 14.2. The van der Waals surface area contributed by atoms with E-state index in [0.717, 1.165) is 33.8 Å². The minimum absolute atomic E-state index is 0.102. The first-order chi connectivity index (χ1) is 17.4. The Hall–Kier alpha value is -2.87. The van der Waals surface area contributed by atoms with Gasteiger partial charge in [0.25, 0.3) is 0 Å². The van der Waals surface area contributed by atoms with Crippen molar-refractivity contribution in [2.45, 2.75) is 53.1 Å². The van der Waals surface area contributed by atoms with Crippen molar-refractivity contribution in [2.24, 2.45) is 0 Å². The van der Waals surface area contributed by atoms with E-state index < -0.39 is 27.2 Å². The van der Waals surface area contributed by atoms with Crippen molar-refractivity contribution in [3.8, 4) is 16.9 Å². The topological polar surface area (TPSA) is 80.8 Å². The molecule has 0 radical (unpaired) electrons. The molecule has 1 aliphatic heterocycles. The summed E-state index contributed by atoms with van der Waals surface area (Å²) in [5.41, 5.74) is 5.44. The maximum absolute atomic E-state index is 13.4. The van der Waals surface area contributed by atoms with Crippen LogP contribution in [0.15, 0.2) is 53.0 Å². The fraction of sp³-hybridized carbons (Fsp3) is 0.321. The second-order valence-electron chi connectivity index (χ2n) is 10.0. The molecular formula is C28H30BrN3O4Se. The van der Waals surface area contributed by atoms with E-state index in [0.29, 0.717) is 22.3 Å². The summed E-state index contributed by atoms with van der Waals surface area (Å²) in [5.74, 6) is 0.605. The van der Waals surface area contributed by atoms with Crippen LogP contribution in [0.1, 0.15) is 60.9 Å². The van der Waals surface area contributed by atoms with Crippen LogP contribution in [0.2, 0.25) is 0 Å². The van der Waals surface area contributed by atoms with Crippen LogP contribution < -0.4 is 13.1 Å². The summed E-state index contributed by atoms with van der Waals surface area (Å²) >= 11 is 2.95. The molecule has 2 amide bonds. The number of carbonyl (C=O) groups excluding carboxylic acids is 2. The van der Waals surface area contributed by atoms with Gasteiger partial charge in [-0.2, -0.15) is 0 Å². The van der Waals surface area contributed by atoms with E-state index in [-0.39, 0.29) is 11.8 Å². The molecule has 0 spiro atoms. The SMILES string of the molecule is Cc1nc(C)c(N2[Se]Oc3cccc(Br)c3C2=O)cc1-c1ccc(C(C)CNC(=O)OC(C)(C)C)cc1. The molecule has 0 aliphatic carbocycles. The summed E-state index contributed by atoms with van der Waals surface area (Å²) in [6.07, 6.45) is -0.419. The van der Waals surface area contributed by atoms with Crippen molar-refractivity contribution in [3.63, 3.8) is 0 Å². The molecule has 2 aromatic carbocycles. The van der Waals surface area contributed by atoms with Gasteiger partial charge in [-0.05, 0) is 20.8 Å². The monoisotopic (exact) mass is 631 g/mol. The Labute approximate surface area is 232 Å². The zero-order chi connectivity index (χ0) is 26.9. The van der Waals surface area contributed by atoms with E-state index >= 15 is 0 Å². The van der Waals surface area contributed by atoms with Crippen LogP contribution in [0.4, 0.5) is 10.5 Å². The molecule has 1 aromatic heterocycles. The number of pyridine rings is 1. The average molecular weight is 631 g/mol. The normalized spacial score (nSPS) is 14.0. The first-order valence-electron chi connectivity index (χ1n) is 12.0. The number of halogens is 1. The molecule has 7 nitrogen and oxygen atoms in total. The Bertz CT molecular complexity index is 1340. The van der Waals surface area contributed by atoms with E-state index in [1.54, 1.807) is 3.92 Å². The fourth-order valence-corrected chi connectivity index (χ4v) is 6.04. The number of nitrogens with one attached hydrogen (secondary N) is 1. The first kappa shape index (κ1) is 27.2. The van der Waals surface area contributed by atoms with Gasteiger partial charge in [-0.25, -0.2) is 4.79 Å². The van der Waals surface area contributed by atoms with Crippen LogP contribution >= 0.6 is 15.9 Å². The number of fused-ring (bicyclic) bond motifs is 1. The van der Waals surface area contributed by atoms with Crippen LogP contribution in [-0.4, -0.2) is 44.6 Å². The summed E-state index contributed by atoms with van der Waals surface area (Å²) in [6.45, 7) is 11.9. The number of ether oxygens (including phenoxy) is 1. The molecule has 1 unspecified atom stereocenters. The van der Waals surface area contributed by atoms with E-state index in [1.807, 2.05) is 71.0 Å². The number of aromatic nitrogens is 1. The number of amides is 2. The van der Waals surface area contributed by atoms with Crippen molar-refractivity contribution in [1.82, 2.24) is 10.3 Å². The van der Waals surface area contributed by atoms with Gasteiger partial charge in [0.05, 0.1) is 0 Å². The van der Waals surface area contributed by atoms with Gasteiger partial charge in [0.1, 0.15) is 5.60 Å². The molecule has 1 N–H and O–H groups in total. The second kappa shape index (κ2) is 10.9. The van der Waals surface area contributed by atoms with Crippen LogP contribution in [0, 0.1) is 13.8 Å². The summed E-state index contributed by atoms with van der Waals surface area (Å²) in [7, 11) is 0. The zero-order valence-electron chi connectivity index (χ0n) is 21.7. The van der Waals surface area contributed by atoms with Gasteiger partial charge in [-0.1, -0.05) is 0 Å². The van der Waals surface area contributed by atoms with Crippen LogP contribution in [0.25, 0.3) is 11.1 Å². The summed E-state index contributed by atoms with van der Waals surface area (Å²) < 4.78 is 13.7. The van der Waals surface area contributed by atoms with Crippen molar-refractivity contribution in [2.75, 3.05) is 10.5 Å². The van der Waals surface area contributed by atoms with E-state index in [4.69, 9.17) is 13.5 Å². The minimum atomic E-state index is -0.537. The Morgan fingerprint density at radius 2 is 1.86 bits per heavy atom. The number of anilines is 1. The predicted octanol–water partition coefficient (Wildman–Crippen LogP) is 6.33. The van der Waals surface area contributed by atoms with Crippen LogP contribution in [-0.2, 0) is 4.74 Å². The number of hydrogen-bond donors (Lipinski definition) is 1. The Kier molecular flexibility index (Phi) is 7.97. The van der Waals surface area contributed by atoms with Crippen LogP contribution in [0.3, 0.4) is 0 Å². The van der Waals surface area contributed by atoms with Gasteiger partial charge in [0.15, 0.2) is 0 Å². The molecular weight excluding hydrogens is 601 g/mol. The van der Waals surface area contributed by atoms with Crippen molar-refractivity contribution < 1.29 is 18.1 Å². The third-order valence-electron chi connectivity index (χ3n) is 5.91. The molecule has 4 rings (SSSR count). The molecule has 37 heavy (non-hydrogen) atoms. The molecule has 3 aromatic rings. The fourth-order valence-electron chi connectivity index (χ4n) is 4.02. The molecule has 0 saturated carbocycles. The van der Waals surface area contributed by atoms with Gasteiger partial charge < -0.3 is 4.74 Å². The standard InChI is InChI=1S/C28H30BrN3O4Se/c1-16(15-30-27(34)35-28(4,5)6)19-10-12-20(13-11-19)21-14-23(18(3)31-17(21)2)32-26(33)25-22(29)8-7-9-24(25)36-37-32/h7-14,16H,15H2,1-6H3,(H,30,34). The summed E-state index contributed by atoms with van der Waals surface area (Å²) in [5, 5.41) is 2.84. The number of hydrogen-bond acceptors (Lipinski definition) is 5. The van der Waals surface area contributed by atoms with Gasteiger partial charge in [0, 0.05) is 0 Å². The Balaban J connectivity index is 1.54. The molecule has 9 heteroatoms. The molecule has 194 valence electrons. The number of benzene rings is 2. The number of carbonyl (C=O) groups is 2. The molecule has 0 bridgehead atoms. The number of rotatable bonds is 5. The van der Waals surface area contributed by atoms with Gasteiger partial charge in [-0.15, -0.1) is 0 Å². The molecule has 2 heterocycles. The van der Waals surface area contributed by atoms with E-state index in [9.17, 15) is 9.59 Å². The van der Waals surface area contributed by atoms with Gasteiger partial charge >= 0.3 is 198 Å².